The number of carbonyl (C=O) groups excluding carboxylic acids is 1. The molecule has 27 heavy (non-hydrogen) atoms. The monoisotopic (exact) mass is 351 g/mol. The van der Waals surface area contributed by atoms with Gasteiger partial charge in [-0.05, 0) is 27.6 Å². The van der Waals surface area contributed by atoms with Crippen molar-refractivity contribution in [2.75, 3.05) is 13.2 Å². The normalized spacial score (nSPS) is 21.0. The van der Waals surface area contributed by atoms with Crippen LogP contribution in [0.3, 0.4) is 0 Å². The van der Waals surface area contributed by atoms with Gasteiger partial charge in [-0.1, -0.05) is 72.8 Å². The number of benzene rings is 4. The Balaban J connectivity index is 1.73. The van der Waals surface area contributed by atoms with Crippen LogP contribution in [-0.2, 0) is 10.5 Å². The van der Waals surface area contributed by atoms with E-state index >= 15 is 0 Å². The third-order valence-corrected chi connectivity index (χ3v) is 5.93. The Labute approximate surface area is 156 Å². The summed E-state index contributed by atoms with van der Waals surface area (Å²) in [7, 11) is 0. The van der Waals surface area contributed by atoms with Crippen molar-refractivity contribution in [3.63, 3.8) is 0 Å². The first kappa shape index (κ1) is 14.9. The third-order valence-electron chi connectivity index (χ3n) is 5.93. The fourth-order valence-corrected chi connectivity index (χ4v) is 4.80. The molecule has 2 aliphatic heterocycles. The third kappa shape index (κ3) is 1.77. The van der Waals surface area contributed by atoms with Crippen LogP contribution < -0.4 is 0 Å². The number of fused-ring (bicyclic) bond motifs is 6. The Hall–Kier alpha value is -3.17. The predicted molar refractivity (Wildman–Crippen MR) is 106 cm³/mol. The minimum atomic E-state index is -0.824. The molecule has 3 heteroatoms. The van der Waals surface area contributed by atoms with Gasteiger partial charge in [0.1, 0.15) is 0 Å². The van der Waals surface area contributed by atoms with Gasteiger partial charge in [0.25, 0.3) is 5.91 Å². The number of ether oxygens (including phenoxy) is 1. The Morgan fingerprint density at radius 1 is 0.741 bits per heavy atom. The molecule has 4 aromatic carbocycles. The zero-order valence-electron chi connectivity index (χ0n) is 14.7. The zero-order valence-corrected chi connectivity index (χ0v) is 14.7. The second kappa shape index (κ2) is 5.18. The summed E-state index contributed by atoms with van der Waals surface area (Å²) < 4.78 is 6.37. The Bertz CT molecular complexity index is 1250. The maximum absolute atomic E-state index is 13.1. The van der Waals surface area contributed by atoms with Crippen molar-refractivity contribution >= 4 is 27.5 Å². The minimum absolute atomic E-state index is 0.0564. The largest absolute Gasteiger partial charge is 0.345 e. The molecule has 4 aromatic rings. The van der Waals surface area contributed by atoms with E-state index in [-0.39, 0.29) is 5.91 Å². The summed E-state index contributed by atoms with van der Waals surface area (Å²) in [5, 5.41) is 4.75. The van der Waals surface area contributed by atoms with Gasteiger partial charge in [-0.3, -0.25) is 9.69 Å². The quantitative estimate of drug-likeness (QED) is 0.466. The Morgan fingerprint density at radius 3 is 2.48 bits per heavy atom. The Morgan fingerprint density at radius 2 is 1.52 bits per heavy atom. The van der Waals surface area contributed by atoms with Gasteiger partial charge in [0.15, 0.2) is 5.72 Å². The Kier molecular flexibility index (Phi) is 2.87. The van der Waals surface area contributed by atoms with Gasteiger partial charge >= 0.3 is 0 Å². The summed E-state index contributed by atoms with van der Waals surface area (Å²) in [6.07, 6.45) is 0. The van der Waals surface area contributed by atoms with E-state index in [1.54, 1.807) is 0 Å². The molecule has 0 aliphatic carbocycles. The summed E-state index contributed by atoms with van der Waals surface area (Å²) in [5.41, 5.74) is 1.92. The number of carbonyl (C=O) groups is 1. The highest BCUT2D eigenvalue weighted by Gasteiger charge is 2.55. The van der Waals surface area contributed by atoms with Crippen molar-refractivity contribution in [3.05, 3.63) is 95.6 Å². The highest BCUT2D eigenvalue weighted by molar-refractivity contribution is 6.09. The molecule has 0 N–H and O–H groups in total. The second-order valence-corrected chi connectivity index (χ2v) is 7.18. The van der Waals surface area contributed by atoms with Crippen molar-refractivity contribution in [1.29, 1.82) is 0 Å². The van der Waals surface area contributed by atoms with Gasteiger partial charge in [-0.2, -0.15) is 0 Å². The van der Waals surface area contributed by atoms with Crippen LogP contribution in [0.2, 0.25) is 0 Å². The van der Waals surface area contributed by atoms with Crippen molar-refractivity contribution in [3.8, 4) is 0 Å². The summed E-state index contributed by atoms with van der Waals surface area (Å²) in [4.78, 5) is 14.9. The van der Waals surface area contributed by atoms with E-state index in [0.29, 0.717) is 13.2 Å². The molecule has 2 aliphatic rings. The van der Waals surface area contributed by atoms with Gasteiger partial charge in [0, 0.05) is 23.2 Å². The second-order valence-electron chi connectivity index (χ2n) is 7.18. The maximum atomic E-state index is 13.1. The van der Waals surface area contributed by atoms with E-state index in [1.165, 1.54) is 16.2 Å². The molecule has 0 aromatic heterocycles. The average molecular weight is 351 g/mol. The molecule has 1 unspecified atom stereocenters. The molecule has 0 bridgehead atoms. The number of hydrogen-bond acceptors (Lipinski definition) is 2. The minimum Gasteiger partial charge on any atom is -0.345 e. The lowest BCUT2D eigenvalue weighted by Crippen LogP contribution is -2.40. The predicted octanol–water partition coefficient (Wildman–Crippen LogP) is 4.68. The van der Waals surface area contributed by atoms with E-state index in [0.717, 1.165) is 22.1 Å². The smallest absolute Gasteiger partial charge is 0.257 e. The number of nitrogens with zero attached hydrogens (tertiary/aromatic N) is 1. The van der Waals surface area contributed by atoms with Crippen molar-refractivity contribution in [2.24, 2.45) is 0 Å². The summed E-state index contributed by atoms with van der Waals surface area (Å²) in [6.45, 7) is 1.15. The molecule has 0 radical (unpaired) electrons. The average Bonchev–Trinajstić information content (AvgIpc) is 3.27. The van der Waals surface area contributed by atoms with Crippen LogP contribution in [0.15, 0.2) is 78.9 Å². The van der Waals surface area contributed by atoms with E-state index < -0.39 is 5.72 Å². The molecular weight excluding hydrogens is 334 g/mol. The van der Waals surface area contributed by atoms with Crippen LogP contribution in [-0.4, -0.2) is 24.0 Å². The van der Waals surface area contributed by atoms with Crippen LogP contribution in [0.1, 0.15) is 21.5 Å². The summed E-state index contributed by atoms with van der Waals surface area (Å²) in [5.74, 6) is 0.0564. The lowest BCUT2D eigenvalue weighted by atomic mass is 9.88. The number of rotatable bonds is 1. The molecule has 0 saturated carbocycles. The van der Waals surface area contributed by atoms with Crippen LogP contribution in [0.4, 0.5) is 0 Å². The van der Waals surface area contributed by atoms with Gasteiger partial charge < -0.3 is 4.74 Å². The molecule has 1 fully saturated rings. The molecule has 1 amide bonds. The van der Waals surface area contributed by atoms with Crippen molar-refractivity contribution < 1.29 is 9.53 Å². The molecule has 1 atom stereocenters. The summed E-state index contributed by atoms with van der Waals surface area (Å²) >= 11 is 0. The van der Waals surface area contributed by atoms with Crippen LogP contribution >= 0.6 is 0 Å². The van der Waals surface area contributed by atoms with Crippen LogP contribution in [0.25, 0.3) is 21.5 Å². The molecule has 6 rings (SSSR count). The van der Waals surface area contributed by atoms with Gasteiger partial charge in [-0.25, -0.2) is 0 Å². The zero-order chi connectivity index (χ0) is 18.0. The number of amides is 1. The van der Waals surface area contributed by atoms with Crippen molar-refractivity contribution in [2.45, 2.75) is 5.72 Å². The lowest BCUT2D eigenvalue weighted by Gasteiger charge is -2.33. The molecular formula is C24H17NO2. The maximum Gasteiger partial charge on any atom is 0.257 e. The van der Waals surface area contributed by atoms with Crippen LogP contribution in [0, 0.1) is 0 Å². The molecule has 1 saturated heterocycles. The van der Waals surface area contributed by atoms with Gasteiger partial charge in [0.2, 0.25) is 0 Å². The molecule has 130 valence electrons. The van der Waals surface area contributed by atoms with Gasteiger partial charge in [0.05, 0.1) is 6.61 Å². The van der Waals surface area contributed by atoms with E-state index in [4.69, 9.17) is 4.74 Å². The van der Waals surface area contributed by atoms with Crippen LogP contribution in [0.5, 0.6) is 0 Å². The molecule has 3 nitrogen and oxygen atoms in total. The van der Waals surface area contributed by atoms with Gasteiger partial charge in [-0.15, -0.1) is 0 Å². The molecule has 0 spiro atoms. The van der Waals surface area contributed by atoms with E-state index in [1.807, 2.05) is 29.2 Å². The summed E-state index contributed by atoms with van der Waals surface area (Å²) in [6, 6.07) is 26.9. The topological polar surface area (TPSA) is 29.5 Å². The SMILES string of the molecule is O=C1c2ccccc2C2(c3cccc4c3ccc3ccccc34)OCCN12. The standard InChI is InChI=1S/C24H17NO2/c26-23-20-8-3-4-10-22(20)24(25(23)14-15-27-24)21-11-5-9-18-17-7-2-1-6-16(17)12-13-19(18)21/h1-13H,14-15H2. The first-order chi connectivity index (χ1) is 13.3. The lowest BCUT2D eigenvalue weighted by molar-refractivity contribution is -0.0292. The van der Waals surface area contributed by atoms with E-state index in [2.05, 4.69) is 54.6 Å². The fraction of sp³-hybridized carbons (Fsp3) is 0.125. The highest BCUT2D eigenvalue weighted by atomic mass is 16.5. The molecule has 2 heterocycles. The first-order valence-electron chi connectivity index (χ1n) is 9.27. The first-order valence-corrected chi connectivity index (χ1v) is 9.27. The highest BCUT2D eigenvalue weighted by Crippen LogP contribution is 2.49. The van der Waals surface area contributed by atoms with E-state index in [9.17, 15) is 4.79 Å². The fourth-order valence-electron chi connectivity index (χ4n) is 4.80. The number of hydrogen-bond donors (Lipinski definition) is 0. The van der Waals surface area contributed by atoms with Crippen molar-refractivity contribution in [1.82, 2.24) is 4.90 Å².